The highest BCUT2D eigenvalue weighted by atomic mass is 15.1. The first-order valence-electron chi connectivity index (χ1n) is 19.9. The largest absolute Gasteiger partial charge is 0.311 e. The van der Waals surface area contributed by atoms with Gasteiger partial charge in [0.1, 0.15) is 0 Å². The molecule has 272 valence electrons. The number of aromatic nitrogens is 1. The van der Waals surface area contributed by atoms with Gasteiger partial charge in [-0.3, -0.25) is 0 Å². The summed E-state index contributed by atoms with van der Waals surface area (Å²) < 4.78 is 2.37. The van der Waals surface area contributed by atoms with E-state index in [0.29, 0.717) is 0 Å². The molecule has 58 heavy (non-hydrogen) atoms. The number of hydrogen-bond donors (Lipinski definition) is 0. The molecule has 0 spiro atoms. The van der Waals surface area contributed by atoms with Gasteiger partial charge >= 0.3 is 0 Å². The van der Waals surface area contributed by atoms with Gasteiger partial charge in [0.25, 0.3) is 0 Å². The van der Waals surface area contributed by atoms with Crippen LogP contribution >= 0.6 is 0 Å². The fourth-order valence-electron chi connectivity index (χ4n) is 8.89. The number of anilines is 3. The average Bonchev–Trinajstić information content (AvgIpc) is 3.63. The zero-order valence-electron chi connectivity index (χ0n) is 31.8. The van der Waals surface area contributed by atoms with Crippen molar-refractivity contribution in [2.45, 2.75) is 0 Å². The first-order chi connectivity index (χ1) is 28.8. The predicted octanol–water partition coefficient (Wildman–Crippen LogP) is 15.6. The first kappa shape index (κ1) is 33.6. The number of benzene rings is 10. The first-order valence-corrected chi connectivity index (χ1v) is 19.9. The Balaban J connectivity index is 0.998. The minimum atomic E-state index is 1.10. The second-order valence-corrected chi connectivity index (χ2v) is 14.9. The van der Waals surface area contributed by atoms with E-state index < -0.39 is 0 Å². The van der Waals surface area contributed by atoms with Gasteiger partial charge in [-0.25, -0.2) is 0 Å². The standard InChI is InChI=1S/C56H38N2/c1-4-15-40(16-5-1)49-25-14-18-44-37-43-17-10-11-23-50(43)55(56(44)49)41-29-34-48(35-30-41)57(45-19-6-2-7-20-45)47-32-27-39(28-33-47)42-31-36-54-52(38-42)51-24-12-13-26-53(51)58(54)46-21-8-3-9-22-46/h1-38H. The smallest absolute Gasteiger partial charge is 0.0541 e. The van der Waals surface area contributed by atoms with Gasteiger partial charge in [-0.2, -0.15) is 0 Å². The van der Waals surface area contributed by atoms with Crippen molar-refractivity contribution in [1.29, 1.82) is 0 Å². The summed E-state index contributed by atoms with van der Waals surface area (Å²) in [7, 11) is 0. The fourth-order valence-corrected chi connectivity index (χ4v) is 8.89. The molecule has 2 nitrogen and oxygen atoms in total. The molecular formula is C56H38N2. The molecule has 0 saturated heterocycles. The Morgan fingerprint density at radius 3 is 1.60 bits per heavy atom. The van der Waals surface area contributed by atoms with Crippen LogP contribution in [-0.4, -0.2) is 4.57 Å². The second kappa shape index (κ2) is 14.1. The highest BCUT2D eigenvalue weighted by molar-refractivity contribution is 6.17. The summed E-state index contributed by atoms with van der Waals surface area (Å²) in [6.07, 6.45) is 0. The summed E-state index contributed by atoms with van der Waals surface area (Å²) in [6, 6.07) is 83.6. The molecule has 0 fully saturated rings. The van der Waals surface area contributed by atoms with Crippen molar-refractivity contribution < 1.29 is 0 Å². The van der Waals surface area contributed by atoms with E-state index in [1.54, 1.807) is 0 Å². The third-order valence-electron chi connectivity index (χ3n) is 11.5. The van der Waals surface area contributed by atoms with Crippen molar-refractivity contribution >= 4 is 60.4 Å². The molecule has 0 radical (unpaired) electrons. The maximum absolute atomic E-state index is 2.37. The molecule has 0 saturated carbocycles. The van der Waals surface area contributed by atoms with Crippen molar-refractivity contribution in [2.75, 3.05) is 4.90 Å². The van der Waals surface area contributed by atoms with Gasteiger partial charge in [0.2, 0.25) is 0 Å². The lowest BCUT2D eigenvalue weighted by molar-refractivity contribution is 1.18. The van der Waals surface area contributed by atoms with Crippen molar-refractivity contribution in [2.24, 2.45) is 0 Å². The molecule has 11 rings (SSSR count). The molecule has 1 heterocycles. The van der Waals surface area contributed by atoms with E-state index in [0.717, 1.165) is 17.1 Å². The molecule has 0 N–H and O–H groups in total. The van der Waals surface area contributed by atoms with Crippen molar-refractivity contribution in [3.05, 3.63) is 231 Å². The lowest BCUT2D eigenvalue weighted by atomic mass is 9.87. The maximum atomic E-state index is 2.37. The van der Waals surface area contributed by atoms with Crippen LogP contribution in [0.3, 0.4) is 0 Å². The van der Waals surface area contributed by atoms with Crippen LogP contribution in [0.4, 0.5) is 17.1 Å². The zero-order chi connectivity index (χ0) is 38.4. The van der Waals surface area contributed by atoms with Crippen LogP contribution in [-0.2, 0) is 0 Å². The molecule has 2 heteroatoms. The number of nitrogens with zero attached hydrogens (tertiary/aromatic N) is 2. The van der Waals surface area contributed by atoms with E-state index in [4.69, 9.17) is 0 Å². The van der Waals surface area contributed by atoms with Crippen LogP contribution in [0.5, 0.6) is 0 Å². The monoisotopic (exact) mass is 738 g/mol. The van der Waals surface area contributed by atoms with Crippen LogP contribution in [0.2, 0.25) is 0 Å². The van der Waals surface area contributed by atoms with Gasteiger partial charge in [-0.15, -0.1) is 0 Å². The Labute approximate surface area is 338 Å². The highest BCUT2D eigenvalue weighted by Gasteiger charge is 2.18. The van der Waals surface area contributed by atoms with E-state index in [2.05, 4.69) is 240 Å². The zero-order valence-corrected chi connectivity index (χ0v) is 31.8. The summed E-state index contributed by atoms with van der Waals surface area (Å²) in [4.78, 5) is 2.35. The minimum absolute atomic E-state index is 1.10. The maximum Gasteiger partial charge on any atom is 0.0541 e. The minimum Gasteiger partial charge on any atom is -0.311 e. The molecule has 0 bridgehead atoms. The Kier molecular flexibility index (Phi) is 8.19. The van der Waals surface area contributed by atoms with Crippen molar-refractivity contribution in [1.82, 2.24) is 4.57 Å². The number of hydrogen-bond acceptors (Lipinski definition) is 1. The van der Waals surface area contributed by atoms with Gasteiger partial charge in [0, 0.05) is 33.5 Å². The Hall–Kier alpha value is -7.68. The van der Waals surface area contributed by atoms with Crippen LogP contribution in [0.1, 0.15) is 0 Å². The van der Waals surface area contributed by atoms with Crippen molar-refractivity contribution in [3.8, 4) is 39.1 Å². The summed E-state index contributed by atoms with van der Waals surface area (Å²) in [5, 5.41) is 7.52. The summed E-state index contributed by atoms with van der Waals surface area (Å²) in [6.45, 7) is 0. The van der Waals surface area contributed by atoms with Crippen LogP contribution in [0.25, 0.3) is 82.4 Å². The van der Waals surface area contributed by atoms with Crippen LogP contribution in [0.15, 0.2) is 231 Å². The molecule has 10 aromatic carbocycles. The summed E-state index contributed by atoms with van der Waals surface area (Å²) in [5.74, 6) is 0. The Bertz CT molecular complexity index is 3240. The molecule has 0 unspecified atom stereocenters. The topological polar surface area (TPSA) is 8.17 Å². The van der Waals surface area contributed by atoms with E-state index in [9.17, 15) is 0 Å². The Morgan fingerprint density at radius 2 is 0.862 bits per heavy atom. The van der Waals surface area contributed by atoms with Crippen LogP contribution < -0.4 is 4.90 Å². The normalized spacial score (nSPS) is 11.4. The van der Waals surface area contributed by atoms with Gasteiger partial charge in [-0.05, 0) is 128 Å². The Morgan fingerprint density at radius 1 is 0.310 bits per heavy atom. The number of para-hydroxylation sites is 3. The summed E-state index contributed by atoms with van der Waals surface area (Å²) in [5.41, 5.74) is 14.2. The highest BCUT2D eigenvalue weighted by Crippen LogP contribution is 2.43. The SMILES string of the molecule is c1ccc(-c2cccc3cc4ccccc4c(-c4ccc(N(c5ccccc5)c5ccc(-c6ccc7c(c6)c6ccccc6n7-c6ccccc6)cc5)cc4)c23)cc1. The van der Waals surface area contributed by atoms with Gasteiger partial charge in [-0.1, -0.05) is 158 Å². The third kappa shape index (κ3) is 5.74. The molecule has 0 aliphatic heterocycles. The van der Waals surface area contributed by atoms with E-state index in [-0.39, 0.29) is 0 Å². The molecule has 0 aliphatic carbocycles. The van der Waals surface area contributed by atoms with E-state index >= 15 is 0 Å². The van der Waals surface area contributed by atoms with Crippen molar-refractivity contribution in [3.63, 3.8) is 0 Å². The summed E-state index contributed by atoms with van der Waals surface area (Å²) >= 11 is 0. The molecule has 0 amide bonds. The quantitative estimate of drug-likeness (QED) is 0.148. The number of rotatable bonds is 7. The average molecular weight is 739 g/mol. The fraction of sp³-hybridized carbons (Fsp3) is 0. The molecule has 1 aromatic heterocycles. The molecule has 0 atom stereocenters. The van der Waals surface area contributed by atoms with E-state index in [1.165, 1.54) is 82.4 Å². The van der Waals surface area contributed by atoms with Gasteiger partial charge < -0.3 is 9.47 Å². The molecule has 11 aromatic rings. The van der Waals surface area contributed by atoms with Gasteiger partial charge in [0.05, 0.1) is 11.0 Å². The third-order valence-corrected chi connectivity index (χ3v) is 11.5. The molecular weight excluding hydrogens is 701 g/mol. The lowest BCUT2D eigenvalue weighted by Crippen LogP contribution is -2.09. The van der Waals surface area contributed by atoms with Gasteiger partial charge in [0.15, 0.2) is 0 Å². The lowest BCUT2D eigenvalue weighted by Gasteiger charge is -2.26. The number of fused-ring (bicyclic) bond motifs is 5. The molecule has 0 aliphatic rings. The van der Waals surface area contributed by atoms with Crippen LogP contribution in [0, 0.1) is 0 Å². The predicted molar refractivity (Wildman–Crippen MR) is 247 cm³/mol. The second-order valence-electron chi connectivity index (χ2n) is 14.9. The van der Waals surface area contributed by atoms with E-state index in [1.807, 2.05) is 0 Å².